The van der Waals surface area contributed by atoms with E-state index >= 15 is 0 Å². The zero-order valence-corrected chi connectivity index (χ0v) is 53.0. The van der Waals surface area contributed by atoms with Crippen LogP contribution in [0.5, 0.6) is 23.0 Å². The topological polar surface area (TPSA) is 113 Å². The van der Waals surface area contributed by atoms with Crippen molar-refractivity contribution >= 4 is 22.8 Å². The van der Waals surface area contributed by atoms with Gasteiger partial charge in [0.1, 0.15) is 19.0 Å². The van der Waals surface area contributed by atoms with Crippen molar-refractivity contribution < 1.29 is 18.9 Å². The molecule has 0 saturated carbocycles. The number of ether oxygens (including phenoxy) is 4. The minimum Gasteiger partial charge on any atom is -0.490 e. The number of benzene rings is 4. The fraction of sp³-hybridized carbons (Fsp3) is 0.408. The van der Waals surface area contributed by atoms with Gasteiger partial charge in [0.05, 0.1) is 17.7 Å². The van der Waals surface area contributed by atoms with E-state index in [2.05, 4.69) is 220 Å². The van der Waals surface area contributed by atoms with Gasteiger partial charge in [-0.25, -0.2) is 4.98 Å². The number of hydrogen-bond acceptors (Lipinski definition) is 11. The van der Waals surface area contributed by atoms with Crippen molar-refractivity contribution in [3.05, 3.63) is 214 Å². The molecule has 8 aromatic rings. The third kappa shape index (κ3) is 24.9. The maximum Gasteiger partial charge on any atom is 0.231 e. The van der Waals surface area contributed by atoms with Crippen LogP contribution < -0.4 is 29.6 Å². The minimum absolute atomic E-state index is 0.358. The summed E-state index contributed by atoms with van der Waals surface area (Å²) in [6.45, 7) is 38.4. The van der Waals surface area contributed by atoms with Gasteiger partial charge in [0.15, 0.2) is 23.1 Å². The summed E-state index contributed by atoms with van der Waals surface area (Å²) in [6, 6.07) is 45.7. The summed E-state index contributed by atoms with van der Waals surface area (Å²) in [4.78, 5) is 17.7. The van der Waals surface area contributed by atoms with Crippen LogP contribution in [0.15, 0.2) is 170 Å². The molecule has 11 heteroatoms. The maximum atomic E-state index is 5.55. The van der Waals surface area contributed by atoms with Gasteiger partial charge in [-0.2, -0.15) is 0 Å². The van der Waals surface area contributed by atoms with E-state index in [1.54, 1.807) is 11.3 Å². The number of hydrogen-bond donors (Lipinski definition) is 2. The first kappa shape index (κ1) is 67.3. The summed E-state index contributed by atoms with van der Waals surface area (Å²) in [5.74, 6) is 9.23. The lowest BCUT2D eigenvalue weighted by Crippen LogP contribution is -2.19. The highest BCUT2D eigenvalue weighted by atomic mass is 32.1. The number of anilines is 2. The second-order valence-corrected chi connectivity index (χ2v) is 23.5. The molecule has 0 atom stereocenters. The van der Waals surface area contributed by atoms with Gasteiger partial charge in [0.25, 0.3) is 0 Å². The van der Waals surface area contributed by atoms with E-state index in [1.165, 1.54) is 38.3 Å². The number of aromatic nitrogens is 4. The molecule has 4 aromatic heterocycles. The van der Waals surface area contributed by atoms with E-state index in [0.29, 0.717) is 54.1 Å². The molecule has 0 saturated heterocycles. The Labute approximate surface area is 498 Å². The zero-order valence-electron chi connectivity index (χ0n) is 52.2. The highest BCUT2D eigenvalue weighted by molar-refractivity contribution is 7.09. The van der Waals surface area contributed by atoms with Gasteiger partial charge < -0.3 is 29.6 Å². The lowest BCUT2D eigenvalue weighted by molar-refractivity contribution is 0.174. The molecule has 3 aliphatic rings. The van der Waals surface area contributed by atoms with Gasteiger partial charge in [-0.15, -0.1) is 11.3 Å². The van der Waals surface area contributed by atoms with Crippen molar-refractivity contribution in [1.29, 1.82) is 0 Å². The highest BCUT2D eigenvalue weighted by Gasteiger charge is 2.15. The molecule has 11 rings (SSSR count). The standard InChI is InChI=1S/C11H15NO.C10H14N2O.C10H12O2.2C9H12.2C8H11N.C6H9NS/c1-8(2)9-3-4-10-11(7-9)13-6-5-12-10;1-7(2)8-5-9-10(12-6-8)11-3-4-13-9;1-7(2)8-3-4-9-10(5-8)12-6-11-9;2*1-8(2)9-6-4-3-5-7-9;1-7(2)8-3-5-9-6-4-8;1-7(2)8-5-3-4-6-9-8;1-5(2)6-3-7-4-8-6/h3-4,7-8,12H,5-6H2,1-2H3;5-7H,3-4H2,1-2H3,(H,11,12);3-5,7H,6H2,1-2H3;2*3-8H,1-2H3;2*3-7H,1-2H3;3-5H,1-2H3. The van der Waals surface area contributed by atoms with Gasteiger partial charge in [-0.05, 0) is 135 Å². The van der Waals surface area contributed by atoms with E-state index in [-0.39, 0.29) is 0 Å². The quantitative estimate of drug-likeness (QED) is 0.153. The normalized spacial score (nSPS) is 12.1. The first-order chi connectivity index (χ1) is 39.3. The van der Waals surface area contributed by atoms with E-state index in [0.717, 1.165) is 66.5 Å². The summed E-state index contributed by atoms with van der Waals surface area (Å²) < 4.78 is 21.5. The lowest BCUT2D eigenvalue weighted by Gasteiger charge is -2.20. The SMILES string of the molecule is CC(C)c1ccc2c(c1)OCCN2.CC(C)c1ccc2c(c1)OCO2.CC(C)c1ccccc1.CC(C)c1ccccc1.CC(C)c1ccccn1.CC(C)c1ccncc1.CC(C)c1cnc2c(c1)OCCN2.CC(C)c1cncs1. The Morgan fingerprint density at radius 3 is 1.34 bits per heavy atom. The minimum atomic E-state index is 0.358. The summed E-state index contributed by atoms with van der Waals surface area (Å²) in [5, 5.41) is 6.50. The fourth-order valence-corrected chi connectivity index (χ4v) is 8.42. The predicted molar refractivity (Wildman–Crippen MR) is 347 cm³/mol. The Hall–Kier alpha value is -7.24. The van der Waals surface area contributed by atoms with Gasteiger partial charge in [-0.3, -0.25) is 15.0 Å². The third-order valence-electron chi connectivity index (χ3n) is 13.2. The fourth-order valence-electron chi connectivity index (χ4n) is 7.78. The molecule has 0 radical (unpaired) electrons. The Bertz CT molecular complexity index is 2680. The molecule has 3 aliphatic heterocycles. The Morgan fingerprint density at radius 1 is 0.378 bits per heavy atom. The Kier molecular flexibility index (Phi) is 30.3. The highest BCUT2D eigenvalue weighted by Crippen LogP contribution is 2.35. The van der Waals surface area contributed by atoms with Crippen molar-refractivity contribution in [3.63, 3.8) is 0 Å². The largest absolute Gasteiger partial charge is 0.490 e. The van der Waals surface area contributed by atoms with Crippen molar-refractivity contribution in [2.45, 2.75) is 158 Å². The number of pyridine rings is 3. The average molecular weight is 1130 g/mol. The van der Waals surface area contributed by atoms with Crippen LogP contribution in [0, 0.1) is 0 Å². The van der Waals surface area contributed by atoms with Crippen LogP contribution in [0.25, 0.3) is 0 Å². The molecule has 0 fully saturated rings. The van der Waals surface area contributed by atoms with E-state index in [1.807, 2.05) is 91.1 Å². The lowest BCUT2D eigenvalue weighted by atomic mass is 10.0. The third-order valence-corrected chi connectivity index (χ3v) is 14.3. The maximum absolute atomic E-state index is 5.55. The van der Waals surface area contributed by atoms with Gasteiger partial charge in [0.2, 0.25) is 6.79 Å². The molecule has 10 nitrogen and oxygen atoms in total. The average Bonchev–Trinajstić information content (AvgIpc) is 4.31. The van der Waals surface area contributed by atoms with Crippen molar-refractivity contribution in [1.82, 2.24) is 19.9 Å². The van der Waals surface area contributed by atoms with Crippen LogP contribution in [-0.4, -0.2) is 53.0 Å². The van der Waals surface area contributed by atoms with E-state index in [4.69, 9.17) is 18.9 Å². The molecule has 440 valence electrons. The summed E-state index contributed by atoms with van der Waals surface area (Å²) >= 11 is 1.72. The van der Waals surface area contributed by atoms with Crippen molar-refractivity contribution in [2.24, 2.45) is 0 Å². The molecule has 0 amide bonds. The molecule has 0 unspecified atom stereocenters. The number of fused-ring (bicyclic) bond motifs is 3. The van der Waals surface area contributed by atoms with E-state index < -0.39 is 0 Å². The molecule has 7 heterocycles. The number of nitrogens with zero attached hydrogens (tertiary/aromatic N) is 4. The molecular formula is C71H96N6O4S. The zero-order chi connectivity index (χ0) is 59.8. The van der Waals surface area contributed by atoms with E-state index in [9.17, 15) is 0 Å². The molecule has 0 bridgehead atoms. The monoisotopic (exact) mass is 1130 g/mol. The van der Waals surface area contributed by atoms with Crippen LogP contribution in [0.2, 0.25) is 0 Å². The van der Waals surface area contributed by atoms with Crippen LogP contribution in [-0.2, 0) is 0 Å². The van der Waals surface area contributed by atoms with Gasteiger partial charge >= 0.3 is 0 Å². The first-order valence-electron chi connectivity index (χ1n) is 29.4. The predicted octanol–water partition coefficient (Wildman–Crippen LogP) is 19.5. The second kappa shape index (κ2) is 37.0. The van der Waals surface area contributed by atoms with Crippen LogP contribution in [0.3, 0.4) is 0 Å². The Balaban J connectivity index is 0.000000203. The summed E-state index contributed by atoms with van der Waals surface area (Å²) in [7, 11) is 0. The van der Waals surface area contributed by atoms with Gasteiger partial charge in [-0.1, -0.05) is 190 Å². The molecule has 0 spiro atoms. The molecular weight excluding hydrogens is 1030 g/mol. The molecule has 4 aromatic carbocycles. The number of thiazole rings is 1. The summed E-state index contributed by atoms with van der Waals surface area (Å²) in [6.07, 6.45) is 9.32. The van der Waals surface area contributed by atoms with Gasteiger partial charge in [0, 0.05) is 48.1 Å². The van der Waals surface area contributed by atoms with Crippen LogP contribution in [0.1, 0.15) is 202 Å². The second-order valence-electron chi connectivity index (χ2n) is 22.5. The van der Waals surface area contributed by atoms with Crippen molar-refractivity contribution in [3.8, 4) is 23.0 Å². The Morgan fingerprint density at radius 2 is 0.878 bits per heavy atom. The smallest absolute Gasteiger partial charge is 0.231 e. The molecule has 0 aliphatic carbocycles. The first-order valence-corrected chi connectivity index (χ1v) is 30.3. The molecule has 82 heavy (non-hydrogen) atoms. The van der Waals surface area contributed by atoms with Crippen molar-refractivity contribution in [2.75, 3.05) is 43.7 Å². The van der Waals surface area contributed by atoms with Crippen LogP contribution in [0.4, 0.5) is 11.5 Å². The summed E-state index contributed by atoms with van der Waals surface area (Å²) in [5.41, 5.74) is 12.2. The van der Waals surface area contributed by atoms with Crippen LogP contribution >= 0.6 is 11.3 Å². The molecule has 2 N–H and O–H groups in total. The number of nitrogens with one attached hydrogen (secondary N) is 2. The number of rotatable bonds is 8.